The highest BCUT2D eigenvalue weighted by atomic mass is 32.2. The lowest BCUT2D eigenvalue weighted by Gasteiger charge is -2.22. The molecule has 0 fully saturated rings. The Kier molecular flexibility index (Phi) is 18.0. The van der Waals surface area contributed by atoms with E-state index in [4.69, 9.17) is 31.1 Å². The third kappa shape index (κ3) is 13.4. The van der Waals surface area contributed by atoms with Gasteiger partial charge in [-0.25, -0.2) is 0 Å². The zero-order chi connectivity index (χ0) is 60.4. The van der Waals surface area contributed by atoms with Crippen LogP contribution >= 0.6 is 57.9 Å². The van der Waals surface area contributed by atoms with Crippen molar-refractivity contribution in [2.45, 2.75) is 67.1 Å². The van der Waals surface area contributed by atoms with Gasteiger partial charge in [0.15, 0.2) is 24.8 Å². The SMILES string of the molecule is CCN(CC)c1ccc(N=Nc2snc3snc(-c4ccc(C)c(S(=O)(=O)O)c4)c23)c(Nc2nc(Nc3cc(N(CC)CC)ccc3N=Nc3snc4snc(-c5ccc(C)c(S(=O)(=O)O)c5)c34)nc(SCc3cccc(S(=O)(=O)ON)c3)n2)c1. The number of nitrogens with zero attached hydrogens (tertiary/aromatic N) is 13. The summed E-state index contributed by atoms with van der Waals surface area (Å²) in [5.41, 5.74) is 6.32. The smallest absolute Gasteiger partial charge is 0.312 e. The van der Waals surface area contributed by atoms with Gasteiger partial charge in [0, 0.05) is 54.4 Å². The fourth-order valence-corrected chi connectivity index (χ4v) is 15.0. The molecule has 5 aromatic carbocycles. The van der Waals surface area contributed by atoms with Crippen molar-refractivity contribution in [1.82, 2.24) is 32.4 Å². The number of hydrogen-bond acceptors (Lipinski definition) is 28. The highest BCUT2D eigenvalue weighted by molar-refractivity contribution is 7.98. The molecule has 33 heteroatoms. The number of nitrogens with one attached hydrogen (secondary N) is 2. The zero-order valence-electron chi connectivity index (χ0n) is 45.7. The summed E-state index contributed by atoms with van der Waals surface area (Å²) in [7, 11) is -13.3. The second kappa shape index (κ2) is 25.3. The quantitative estimate of drug-likeness (QED) is 0.0172. The summed E-state index contributed by atoms with van der Waals surface area (Å²) in [5, 5.41) is 27.7. The molecule has 0 aliphatic rings. The van der Waals surface area contributed by atoms with Crippen LogP contribution in [-0.2, 0) is 40.4 Å². The molecule has 25 nitrogen and oxygen atoms in total. The number of aryl methyl sites for hydroxylation is 2. The predicted octanol–water partition coefficient (Wildman–Crippen LogP) is 13.3. The molecule has 6 N–H and O–H groups in total. The van der Waals surface area contributed by atoms with Gasteiger partial charge in [0.25, 0.3) is 20.2 Å². The van der Waals surface area contributed by atoms with Crippen LogP contribution in [0.25, 0.3) is 42.9 Å². The third-order valence-electron chi connectivity index (χ3n) is 13.2. The van der Waals surface area contributed by atoms with Crippen LogP contribution < -0.4 is 26.3 Å². The van der Waals surface area contributed by atoms with Gasteiger partial charge in [0.05, 0.1) is 48.2 Å². The first kappa shape index (κ1) is 60.7. The standard InChI is InChI=1S/C52H50N16O9S8/c1-7-67(8-2)33-18-20-36(59-61-46-42-44(63-81-48(42)65-79-46)31-16-14-28(5)40(23-31)83(69,70)71)38(25-33)54-50-56-51(58-52(57-50)78-27-30-12-11-13-35(22-30)85(75,76)77-53)55-39-26-34(68(9-3)10-4)19-21-37(39)60-62-47-43-45(64-82-49(43)66-80-47)32-17-15-29(6)41(24-32)84(72,73)74/h11-26H,7-10,27,53H2,1-6H3,(H,69,70,71)(H,72,73,74)(H2,54,55,56,57,58). The van der Waals surface area contributed by atoms with Crippen LogP contribution in [0.1, 0.15) is 44.4 Å². The molecule has 0 atom stereocenters. The summed E-state index contributed by atoms with van der Waals surface area (Å²) in [5.74, 6) is 5.45. The number of fused-ring (bicyclic) bond motifs is 2. The van der Waals surface area contributed by atoms with Crippen molar-refractivity contribution in [3.63, 3.8) is 0 Å². The van der Waals surface area contributed by atoms with Gasteiger partial charge in [-0.1, -0.05) is 48.2 Å². The van der Waals surface area contributed by atoms with Gasteiger partial charge in [-0.05, 0) is 165 Å². The van der Waals surface area contributed by atoms with Crippen LogP contribution in [0.15, 0.2) is 137 Å². The topological polar surface area (TPSA) is 348 Å². The minimum atomic E-state index is -4.54. The number of nitrogens with two attached hydrogens (primary N) is 1. The van der Waals surface area contributed by atoms with Crippen molar-refractivity contribution in [2.24, 2.45) is 26.4 Å². The molecule has 0 aliphatic heterocycles. The summed E-state index contributed by atoms with van der Waals surface area (Å²) < 4.78 is 117. The van der Waals surface area contributed by atoms with Crippen molar-refractivity contribution in [1.29, 1.82) is 0 Å². The van der Waals surface area contributed by atoms with Gasteiger partial charge in [0.2, 0.25) is 11.9 Å². The maximum Gasteiger partial charge on any atom is 0.312 e. The maximum atomic E-state index is 12.6. The summed E-state index contributed by atoms with van der Waals surface area (Å²) in [4.78, 5) is 19.4. The first-order valence-corrected chi connectivity index (χ1v) is 34.0. The molecule has 0 radical (unpaired) electrons. The Bertz CT molecular complexity index is 4340. The molecule has 0 bridgehead atoms. The van der Waals surface area contributed by atoms with Gasteiger partial charge in [-0.3, -0.25) is 9.11 Å². The molecule has 0 saturated heterocycles. The highest BCUT2D eigenvalue weighted by Crippen LogP contribution is 2.45. The lowest BCUT2D eigenvalue weighted by Crippen LogP contribution is -2.21. The summed E-state index contributed by atoms with van der Waals surface area (Å²) >= 11 is 5.58. The van der Waals surface area contributed by atoms with E-state index >= 15 is 0 Å². The first-order chi connectivity index (χ1) is 40.7. The van der Waals surface area contributed by atoms with E-state index in [1.54, 1.807) is 62.4 Å². The van der Waals surface area contributed by atoms with Crippen molar-refractivity contribution in [3.8, 4) is 22.5 Å². The van der Waals surface area contributed by atoms with E-state index in [2.05, 4.69) is 52.4 Å². The number of thioether (sulfide) groups is 1. The van der Waals surface area contributed by atoms with E-state index in [-0.39, 0.29) is 37.5 Å². The van der Waals surface area contributed by atoms with Crippen LogP contribution in [0.5, 0.6) is 0 Å². The van der Waals surface area contributed by atoms with Crippen molar-refractivity contribution >= 4 is 165 Å². The van der Waals surface area contributed by atoms with Crippen LogP contribution in [0, 0.1) is 13.8 Å². The molecule has 10 rings (SSSR count). The van der Waals surface area contributed by atoms with E-state index in [9.17, 15) is 34.4 Å². The Balaban J connectivity index is 1.05. The van der Waals surface area contributed by atoms with Gasteiger partial charge < -0.3 is 20.4 Å². The summed E-state index contributed by atoms with van der Waals surface area (Å²) in [6.07, 6.45) is 0. The maximum absolute atomic E-state index is 12.6. The summed E-state index contributed by atoms with van der Waals surface area (Å²) in [6.45, 7) is 14.0. The normalized spacial score (nSPS) is 12.3. The average Bonchev–Trinajstić information content (AvgIpc) is 2.93. The second-order valence-electron chi connectivity index (χ2n) is 18.5. The Morgan fingerprint density at radius 3 is 1.48 bits per heavy atom. The molecule has 0 aliphatic carbocycles. The molecular formula is C52H50N16O9S8. The number of anilines is 6. The lowest BCUT2D eigenvalue weighted by molar-refractivity contribution is 0.333. The van der Waals surface area contributed by atoms with Crippen LogP contribution in [0.3, 0.4) is 0 Å². The summed E-state index contributed by atoms with van der Waals surface area (Å²) in [6, 6.07) is 26.6. The zero-order valence-corrected chi connectivity index (χ0v) is 52.2. The Hall–Kier alpha value is -7.41. The molecular weight excluding hydrogens is 1250 g/mol. The van der Waals surface area contributed by atoms with Crippen LogP contribution in [-0.4, -0.2) is 93.0 Å². The van der Waals surface area contributed by atoms with Crippen molar-refractivity contribution in [3.05, 3.63) is 114 Å². The van der Waals surface area contributed by atoms with E-state index in [0.29, 0.717) is 119 Å². The number of aromatic nitrogens is 7. The fraction of sp³-hybridized carbons (Fsp3) is 0.212. The molecule has 10 aromatic rings. The highest BCUT2D eigenvalue weighted by Gasteiger charge is 2.24. The number of benzene rings is 5. The first-order valence-electron chi connectivity index (χ1n) is 25.6. The molecule has 85 heavy (non-hydrogen) atoms. The minimum absolute atomic E-state index is 0.0698. The fourth-order valence-electron chi connectivity index (χ4n) is 8.88. The van der Waals surface area contributed by atoms with Crippen LogP contribution in [0.2, 0.25) is 0 Å². The molecule has 5 aromatic heterocycles. The monoisotopic (exact) mass is 1300 g/mol. The van der Waals surface area contributed by atoms with Gasteiger partial charge in [0.1, 0.15) is 11.4 Å². The molecule has 440 valence electrons. The largest absolute Gasteiger partial charge is 0.372 e. The minimum Gasteiger partial charge on any atom is -0.372 e. The van der Waals surface area contributed by atoms with E-state index in [1.807, 2.05) is 52.0 Å². The van der Waals surface area contributed by atoms with Gasteiger partial charge in [-0.2, -0.15) is 67.9 Å². The van der Waals surface area contributed by atoms with E-state index in [0.717, 1.165) is 57.5 Å². The predicted molar refractivity (Wildman–Crippen MR) is 334 cm³/mol. The van der Waals surface area contributed by atoms with Crippen molar-refractivity contribution < 1.29 is 38.6 Å². The molecule has 0 unspecified atom stereocenters. The van der Waals surface area contributed by atoms with E-state index < -0.39 is 30.4 Å². The molecule has 0 spiro atoms. The Morgan fingerprint density at radius 2 is 1.05 bits per heavy atom. The number of azo groups is 2. The Labute approximate surface area is 508 Å². The Morgan fingerprint density at radius 1 is 0.576 bits per heavy atom. The number of hydrogen-bond donors (Lipinski definition) is 5. The van der Waals surface area contributed by atoms with Gasteiger partial charge in [-0.15, -0.1) is 20.5 Å². The average molecular weight is 1300 g/mol. The molecule has 5 heterocycles. The van der Waals surface area contributed by atoms with Crippen molar-refractivity contribution in [2.75, 3.05) is 46.6 Å². The van der Waals surface area contributed by atoms with Gasteiger partial charge >= 0.3 is 10.1 Å². The molecule has 0 saturated carbocycles. The van der Waals surface area contributed by atoms with E-state index in [1.165, 1.54) is 36.0 Å². The molecule has 0 amide bonds. The lowest BCUT2D eigenvalue weighted by atomic mass is 10.1. The second-order valence-corrected chi connectivity index (χ2v) is 26.8. The third-order valence-corrected chi connectivity index (χ3v) is 20.4. The van der Waals surface area contributed by atoms with Crippen LogP contribution in [0.4, 0.5) is 56.0 Å². The number of rotatable bonds is 23.